The van der Waals surface area contributed by atoms with Gasteiger partial charge in [-0.2, -0.15) is 5.10 Å². The molecule has 6 heteroatoms. The normalized spacial score (nSPS) is 11.3. The van der Waals surface area contributed by atoms with Gasteiger partial charge in [-0.05, 0) is 41.5 Å². The SMILES string of the molecule is Clc1ccc(-n2c(-c3ccccc3)cc(/C=N/n3cnnc3)c2-c2ccccc2)cc1. The molecule has 0 atom stereocenters. The molecule has 0 aliphatic rings. The number of aromatic nitrogens is 4. The first kappa shape index (κ1) is 19.0. The molecule has 2 aromatic heterocycles. The summed E-state index contributed by atoms with van der Waals surface area (Å²) in [6, 6.07) is 30.7. The number of hydrogen-bond acceptors (Lipinski definition) is 3. The van der Waals surface area contributed by atoms with Gasteiger partial charge in [0, 0.05) is 16.3 Å². The molecule has 31 heavy (non-hydrogen) atoms. The maximum atomic E-state index is 6.18. The van der Waals surface area contributed by atoms with E-state index in [-0.39, 0.29) is 0 Å². The molecule has 0 aliphatic carbocycles. The van der Waals surface area contributed by atoms with Crippen molar-refractivity contribution in [2.45, 2.75) is 0 Å². The molecule has 0 unspecified atom stereocenters. The van der Waals surface area contributed by atoms with Crippen molar-refractivity contribution in [2.75, 3.05) is 0 Å². The molecule has 150 valence electrons. The fraction of sp³-hybridized carbons (Fsp3) is 0. The van der Waals surface area contributed by atoms with Crippen LogP contribution in [-0.2, 0) is 0 Å². The minimum atomic E-state index is 0.702. The quantitative estimate of drug-likeness (QED) is 0.328. The Balaban J connectivity index is 1.79. The first-order valence-corrected chi connectivity index (χ1v) is 10.2. The zero-order valence-electron chi connectivity index (χ0n) is 16.5. The van der Waals surface area contributed by atoms with Crippen LogP contribution in [0.15, 0.2) is 109 Å². The van der Waals surface area contributed by atoms with Crippen molar-refractivity contribution < 1.29 is 0 Å². The fourth-order valence-electron chi connectivity index (χ4n) is 3.58. The summed E-state index contributed by atoms with van der Waals surface area (Å²) < 4.78 is 3.82. The van der Waals surface area contributed by atoms with E-state index in [1.165, 1.54) is 0 Å². The van der Waals surface area contributed by atoms with E-state index in [4.69, 9.17) is 11.6 Å². The molecule has 0 saturated heterocycles. The predicted octanol–water partition coefficient (Wildman–Crippen LogP) is 5.94. The Kier molecular flexibility index (Phi) is 5.17. The second kappa shape index (κ2) is 8.42. The Bertz CT molecular complexity index is 1310. The highest BCUT2D eigenvalue weighted by Crippen LogP contribution is 2.35. The summed E-state index contributed by atoms with van der Waals surface area (Å²) >= 11 is 6.18. The number of nitrogens with zero attached hydrogens (tertiary/aromatic N) is 5. The lowest BCUT2D eigenvalue weighted by Gasteiger charge is -2.15. The van der Waals surface area contributed by atoms with Crippen LogP contribution < -0.4 is 0 Å². The monoisotopic (exact) mass is 423 g/mol. The first-order chi connectivity index (χ1) is 15.3. The molecular formula is C25H18ClN5. The van der Waals surface area contributed by atoms with Crippen LogP contribution in [0.2, 0.25) is 5.02 Å². The summed E-state index contributed by atoms with van der Waals surface area (Å²) in [6.07, 6.45) is 4.96. The van der Waals surface area contributed by atoms with Crippen molar-refractivity contribution >= 4 is 17.8 Å². The minimum Gasteiger partial charge on any atom is -0.309 e. The minimum absolute atomic E-state index is 0.702. The van der Waals surface area contributed by atoms with Gasteiger partial charge in [0.1, 0.15) is 12.7 Å². The zero-order chi connectivity index (χ0) is 21.0. The van der Waals surface area contributed by atoms with Crippen LogP contribution in [0.25, 0.3) is 28.2 Å². The molecule has 0 saturated carbocycles. The largest absolute Gasteiger partial charge is 0.309 e. The van der Waals surface area contributed by atoms with E-state index in [0.717, 1.165) is 33.8 Å². The fourth-order valence-corrected chi connectivity index (χ4v) is 3.71. The lowest BCUT2D eigenvalue weighted by molar-refractivity contribution is 0.878. The number of halogens is 1. The van der Waals surface area contributed by atoms with E-state index in [9.17, 15) is 0 Å². The van der Waals surface area contributed by atoms with Crippen LogP contribution in [0.3, 0.4) is 0 Å². The Morgan fingerprint density at radius 3 is 2.00 bits per heavy atom. The Labute approximate surface area is 184 Å². The van der Waals surface area contributed by atoms with Crippen LogP contribution >= 0.6 is 11.6 Å². The van der Waals surface area contributed by atoms with Crippen LogP contribution in [0.5, 0.6) is 0 Å². The lowest BCUT2D eigenvalue weighted by atomic mass is 10.1. The van der Waals surface area contributed by atoms with Gasteiger partial charge in [-0.1, -0.05) is 72.3 Å². The van der Waals surface area contributed by atoms with Gasteiger partial charge in [-0.25, -0.2) is 4.68 Å². The number of hydrogen-bond donors (Lipinski definition) is 0. The van der Waals surface area contributed by atoms with Crippen molar-refractivity contribution in [3.8, 4) is 28.2 Å². The summed E-state index contributed by atoms with van der Waals surface area (Å²) in [7, 11) is 0. The van der Waals surface area contributed by atoms with Crippen LogP contribution in [0.4, 0.5) is 0 Å². The Morgan fingerprint density at radius 2 is 1.35 bits per heavy atom. The molecule has 0 aliphatic heterocycles. The number of benzene rings is 3. The van der Waals surface area contributed by atoms with E-state index in [0.29, 0.717) is 5.02 Å². The van der Waals surface area contributed by atoms with Gasteiger partial charge in [-0.15, -0.1) is 10.2 Å². The highest BCUT2D eigenvalue weighted by molar-refractivity contribution is 6.30. The molecule has 5 aromatic rings. The molecule has 0 amide bonds. The summed E-state index contributed by atoms with van der Waals surface area (Å²) in [5.74, 6) is 0. The molecule has 0 spiro atoms. The van der Waals surface area contributed by atoms with E-state index in [1.54, 1.807) is 17.3 Å². The Hall–Kier alpha value is -3.96. The zero-order valence-corrected chi connectivity index (χ0v) is 17.3. The van der Waals surface area contributed by atoms with Gasteiger partial charge in [0.25, 0.3) is 0 Å². The van der Waals surface area contributed by atoms with Crippen molar-refractivity contribution in [2.24, 2.45) is 5.10 Å². The number of rotatable bonds is 5. The van der Waals surface area contributed by atoms with E-state index in [2.05, 4.69) is 50.2 Å². The molecule has 0 bridgehead atoms. The van der Waals surface area contributed by atoms with Gasteiger partial charge in [0.05, 0.1) is 17.6 Å². The smallest absolute Gasteiger partial charge is 0.141 e. The molecule has 0 fully saturated rings. The summed E-state index contributed by atoms with van der Waals surface area (Å²) in [5, 5.41) is 12.9. The van der Waals surface area contributed by atoms with Crippen LogP contribution in [0, 0.1) is 0 Å². The summed E-state index contributed by atoms with van der Waals surface area (Å²) in [6.45, 7) is 0. The second-order valence-corrected chi connectivity index (χ2v) is 7.40. The second-order valence-electron chi connectivity index (χ2n) is 6.96. The molecule has 2 heterocycles. The molecule has 0 radical (unpaired) electrons. The predicted molar refractivity (Wildman–Crippen MR) is 125 cm³/mol. The Morgan fingerprint density at radius 1 is 0.742 bits per heavy atom. The highest BCUT2D eigenvalue weighted by atomic mass is 35.5. The first-order valence-electron chi connectivity index (χ1n) is 9.81. The van der Waals surface area contributed by atoms with Gasteiger partial charge < -0.3 is 4.57 Å². The molecule has 0 N–H and O–H groups in total. The standard InChI is InChI=1S/C25H18ClN5/c26-22-11-13-23(14-12-22)31-24(19-7-3-1-4-8-19)15-21(16-29-30-17-27-28-18-30)25(31)20-9-5-2-6-10-20/h1-18H/b29-16+. The van der Waals surface area contributed by atoms with Crippen molar-refractivity contribution in [3.63, 3.8) is 0 Å². The van der Waals surface area contributed by atoms with Gasteiger partial charge in [-0.3, -0.25) is 0 Å². The van der Waals surface area contributed by atoms with E-state index < -0.39 is 0 Å². The summed E-state index contributed by atoms with van der Waals surface area (Å²) in [5.41, 5.74) is 6.30. The average molecular weight is 424 g/mol. The molecule has 5 nitrogen and oxygen atoms in total. The third kappa shape index (κ3) is 3.91. The average Bonchev–Trinajstić information content (AvgIpc) is 3.47. The summed E-state index contributed by atoms with van der Waals surface area (Å²) in [4.78, 5) is 0. The highest BCUT2D eigenvalue weighted by Gasteiger charge is 2.18. The van der Waals surface area contributed by atoms with Crippen molar-refractivity contribution in [1.82, 2.24) is 19.4 Å². The molecule has 5 rings (SSSR count). The van der Waals surface area contributed by atoms with E-state index >= 15 is 0 Å². The molecule has 3 aromatic carbocycles. The third-order valence-electron chi connectivity index (χ3n) is 4.97. The van der Waals surface area contributed by atoms with E-state index in [1.807, 2.05) is 66.9 Å². The maximum Gasteiger partial charge on any atom is 0.141 e. The molecular weight excluding hydrogens is 406 g/mol. The van der Waals surface area contributed by atoms with Crippen molar-refractivity contribution in [1.29, 1.82) is 0 Å². The van der Waals surface area contributed by atoms with Gasteiger partial charge in [0.15, 0.2) is 0 Å². The van der Waals surface area contributed by atoms with Crippen LogP contribution in [-0.4, -0.2) is 25.7 Å². The lowest BCUT2D eigenvalue weighted by Crippen LogP contribution is -2.00. The van der Waals surface area contributed by atoms with Gasteiger partial charge >= 0.3 is 0 Å². The topological polar surface area (TPSA) is 48.0 Å². The van der Waals surface area contributed by atoms with Gasteiger partial charge in [0.2, 0.25) is 0 Å². The van der Waals surface area contributed by atoms with Crippen LogP contribution in [0.1, 0.15) is 5.56 Å². The maximum absolute atomic E-state index is 6.18. The van der Waals surface area contributed by atoms with Crippen molar-refractivity contribution in [3.05, 3.63) is 114 Å². The third-order valence-corrected chi connectivity index (χ3v) is 5.22.